The number of nitrogens with one attached hydrogen (secondary N) is 1. The number of halogens is 2. The third kappa shape index (κ3) is 2.08. The molecule has 0 spiro atoms. The molecule has 0 aliphatic carbocycles. The van der Waals surface area contributed by atoms with Crippen LogP contribution in [0.5, 0.6) is 0 Å². The summed E-state index contributed by atoms with van der Waals surface area (Å²) >= 11 is 6.75. The average molecular weight is 307 g/mol. The minimum Gasteiger partial charge on any atom is -0.316 e. The molecule has 0 fully saturated rings. The van der Waals surface area contributed by atoms with Gasteiger partial charge in [0.1, 0.15) is 4.60 Å². The largest absolute Gasteiger partial charge is 0.316 e. The van der Waals surface area contributed by atoms with Crippen molar-refractivity contribution in [1.29, 1.82) is 0 Å². The van der Waals surface area contributed by atoms with Gasteiger partial charge in [-0.3, -0.25) is 0 Å². The van der Waals surface area contributed by atoms with Gasteiger partial charge in [0.25, 0.3) is 0 Å². The second-order valence-corrected chi connectivity index (χ2v) is 4.42. The van der Waals surface area contributed by atoms with E-state index in [1.54, 1.807) is 0 Å². The Hall–Kier alpha value is -0.0000000000000000763. The van der Waals surface area contributed by atoms with Crippen molar-refractivity contribution < 1.29 is 0 Å². The Balaban J connectivity index is 2.47. The maximum absolute atomic E-state index is 4.37. The smallest absolute Gasteiger partial charge is 0.197 e. The molecule has 0 saturated carbocycles. The van der Waals surface area contributed by atoms with Crippen LogP contribution in [0, 0.1) is 0 Å². The normalized spacial score (nSPS) is 16.5. The zero-order valence-corrected chi connectivity index (χ0v) is 10.2. The molecule has 2 rings (SSSR count). The van der Waals surface area contributed by atoms with Crippen LogP contribution in [-0.4, -0.2) is 23.1 Å². The molecule has 0 atom stereocenters. The fourth-order valence-electron chi connectivity index (χ4n) is 1.47. The van der Waals surface area contributed by atoms with Crippen molar-refractivity contribution in [2.45, 2.75) is 12.8 Å². The van der Waals surface area contributed by atoms with E-state index in [1.807, 2.05) is 0 Å². The summed E-state index contributed by atoms with van der Waals surface area (Å²) in [6.45, 7) is 2.01. The number of rotatable bonds is 0. The summed E-state index contributed by atoms with van der Waals surface area (Å²) in [6.07, 6.45) is 1.98. The molecule has 0 aromatic carbocycles. The molecule has 1 aromatic rings. The Kier molecular flexibility index (Phi) is 2.96. The van der Waals surface area contributed by atoms with Crippen LogP contribution < -0.4 is 5.32 Å². The number of hydrogen-bond donors (Lipinski definition) is 1. The van der Waals surface area contributed by atoms with Crippen molar-refractivity contribution in [2.75, 3.05) is 13.1 Å². The van der Waals surface area contributed by atoms with Gasteiger partial charge in [-0.25, -0.2) is 9.97 Å². The van der Waals surface area contributed by atoms with Gasteiger partial charge in [-0.2, -0.15) is 0 Å². The maximum Gasteiger partial charge on any atom is 0.197 e. The first-order valence-corrected chi connectivity index (χ1v) is 5.77. The van der Waals surface area contributed by atoms with Crippen LogP contribution in [0.4, 0.5) is 0 Å². The van der Waals surface area contributed by atoms with Crippen LogP contribution in [0.2, 0.25) is 0 Å². The van der Waals surface area contributed by atoms with Gasteiger partial charge in [0.05, 0.1) is 5.69 Å². The molecule has 0 radical (unpaired) electrons. The molecule has 1 N–H and O–H groups in total. The van der Waals surface area contributed by atoms with Crippen molar-refractivity contribution >= 4 is 31.9 Å². The molecule has 5 heteroatoms. The highest BCUT2D eigenvalue weighted by Gasteiger charge is 2.13. The van der Waals surface area contributed by atoms with Gasteiger partial charge in [-0.1, -0.05) is 0 Å². The lowest BCUT2D eigenvalue weighted by atomic mass is 10.1. The lowest BCUT2D eigenvalue weighted by molar-refractivity contribution is 0.708. The first-order valence-electron chi connectivity index (χ1n) is 4.19. The minimum absolute atomic E-state index is 0.667. The van der Waals surface area contributed by atoms with E-state index >= 15 is 0 Å². The van der Waals surface area contributed by atoms with Crippen molar-refractivity contribution in [3.63, 3.8) is 0 Å². The topological polar surface area (TPSA) is 37.8 Å². The molecule has 1 aliphatic rings. The molecule has 0 saturated heterocycles. The summed E-state index contributed by atoms with van der Waals surface area (Å²) in [6, 6.07) is 0. The third-order valence-corrected chi connectivity index (χ3v) is 3.12. The molecule has 13 heavy (non-hydrogen) atoms. The second-order valence-electron chi connectivity index (χ2n) is 2.96. The zero-order valence-electron chi connectivity index (χ0n) is 6.98. The van der Waals surface area contributed by atoms with Crippen LogP contribution in [0.15, 0.2) is 9.34 Å². The van der Waals surface area contributed by atoms with E-state index in [4.69, 9.17) is 0 Å². The van der Waals surface area contributed by atoms with Crippen molar-refractivity contribution in [2.24, 2.45) is 0 Å². The molecular weight excluding hydrogens is 298 g/mol. The molecule has 1 aliphatic heterocycles. The Morgan fingerprint density at radius 1 is 1.08 bits per heavy atom. The molecule has 0 unspecified atom stereocenters. The summed E-state index contributed by atoms with van der Waals surface area (Å²) < 4.78 is 1.59. The summed E-state index contributed by atoms with van der Waals surface area (Å²) in [5.41, 5.74) is 2.40. The van der Waals surface area contributed by atoms with Crippen molar-refractivity contribution in [3.05, 3.63) is 20.6 Å². The van der Waals surface area contributed by atoms with E-state index < -0.39 is 0 Å². The van der Waals surface area contributed by atoms with Gasteiger partial charge >= 0.3 is 0 Å². The molecule has 70 valence electrons. The van der Waals surface area contributed by atoms with Gasteiger partial charge in [0, 0.05) is 18.5 Å². The van der Waals surface area contributed by atoms with E-state index in [-0.39, 0.29) is 0 Å². The lowest BCUT2D eigenvalue weighted by Gasteiger charge is -2.05. The summed E-state index contributed by atoms with van der Waals surface area (Å²) in [7, 11) is 0. The van der Waals surface area contributed by atoms with E-state index in [0.717, 1.165) is 36.2 Å². The fraction of sp³-hybridized carbons (Fsp3) is 0.500. The van der Waals surface area contributed by atoms with Gasteiger partial charge < -0.3 is 5.32 Å². The SMILES string of the molecule is Brc1nc(Br)c2c(n1)CCNCC2. The van der Waals surface area contributed by atoms with Gasteiger partial charge in [0.2, 0.25) is 0 Å². The summed E-state index contributed by atoms with van der Waals surface area (Å²) in [5, 5.41) is 3.34. The third-order valence-electron chi connectivity index (χ3n) is 2.11. The Morgan fingerprint density at radius 2 is 1.85 bits per heavy atom. The molecule has 3 nitrogen and oxygen atoms in total. The molecule has 2 heterocycles. The standard InChI is InChI=1S/C8H9Br2N3/c9-7-5-1-3-11-4-2-6(5)12-8(10)13-7/h11H,1-4H2. The van der Waals surface area contributed by atoms with Gasteiger partial charge in [-0.05, 0) is 44.8 Å². The van der Waals surface area contributed by atoms with Crippen LogP contribution in [0.3, 0.4) is 0 Å². The van der Waals surface area contributed by atoms with Crippen LogP contribution >= 0.6 is 31.9 Å². The molecule has 1 aromatic heterocycles. The highest BCUT2D eigenvalue weighted by atomic mass is 79.9. The number of fused-ring (bicyclic) bond motifs is 1. The number of aromatic nitrogens is 2. The van der Waals surface area contributed by atoms with Crippen LogP contribution in [-0.2, 0) is 12.8 Å². The predicted octanol–water partition coefficient (Wildman–Crippen LogP) is 1.69. The second kappa shape index (κ2) is 4.02. The van der Waals surface area contributed by atoms with Crippen LogP contribution in [0.1, 0.15) is 11.3 Å². The van der Waals surface area contributed by atoms with Gasteiger partial charge in [-0.15, -0.1) is 0 Å². The van der Waals surface area contributed by atoms with E-state index in [9.17, 15) is 0 Å². The van der Waals surface area contributed by atoms with Crippen molar-refractivity contribution in [3.8, 4) is 0 Å². The van der Waals surface area contributed by atoms with Crippen molar-refractivity contribution in [1.82, 2.24) is 15.3 Å². The number of nitrogens with zero attached hydrogens (tertiary/aromatic N) is 2. The Labute approximate surface area is 93.6 Å². The summed E-state index contributed by atoms with van der Waals surface area (Å²) in [4.78, 5) is 8.59. The average Bonchev–Trinajstić information content (AvgIpc) is 2.28. The van der Waals surface area contributed by atoms with E-state index in [0.29, 0.717) is 4.73 Å². The fourth-order valence-corrected chi connectivity index (χ4v) is 2.70. The molecule has 0 amide bonds. The number of hydrogen-bond acceptors (Lipinski definition) is 3. The Bertz CT molecular complexity index is 327. The summed E-state index contributed by atoms with van der Waals surface area (Å²) in [5.74, 6) is 0. The maximum atomic E-state index is 4.37. The quantitative estimate of drug-likeness (QED) is 0.585. The van der Waals surface area contributed by atoms with Gasteiger partial charge in [0.15, 0.2) is 4.73 Å². The predicted molar refractivity (Wildman–Crippen MR) is 57.7 cm³/mol. The first kappa shape index (κ1) is 9.55. The molecule has 0 bridgehead atoms. The highest BCUT2D eigenvalue weighted by molar-refractivity contribution is 9.11. The molecular formula is C8H9Br2N3. The van der Waals surface area contributed by atoms with E-state index in [2.05, 4.69) is 47.1 Å². The highest BCUT2D eigenvalue weighted by Crippen LogP contribution is 2.21. The monoisotopic (exact) mass is 305 g/mol. The lowest BCUT2D eigenvalue weighted by Crippen LogP contribution is -2.16. The first-order chi connectivity index (χ1) is 6.27. The van der Waals surface area contributed by atoms with E-state index in [1.165, 1.54) is 5.56 Å². The zero-order chi connectivity index (χ0) is 9.26. The minimum atomic E-state index is 0.667. The Morgan fingerprint density at radius 3 is 2.69 bits per heavy atom. The van der Waals surface area contributed by atoms with Crippen LogP contribution in [0.25, 0.3) is 0 Å².